The van der Waals surface area contributed by atoms with E-state index in [4.69, 9.17) is 0 Å². The fraction of sp³-hybridized carbons (Fsp3) is 0.150. The maximum Gasteiger partial charge on any atom is 0.223 e. The number of H-pyrrole nitrogens is 1. The lowest BCUT2D eigenvalue weighted by molar-refractivity contribution is -0.114. The van der Waals surface area contributed by atoms with Gasteiger partial charge in [0.25, 0.3) is 0 Å². The zero-order valence-corrected chi connectivity index (χ0v) is 16.4. The number of aromatic amines is 1. The third-order valence-electron chi connectivity index (χ3n) is 4.22. The number of amides is 1. The first-order valence-electron chi connectivity index (χ1n) is 8.82. The van der Waals surface area contributed by atoms with E-state index in [1.165, 1.54) is 30.4 Å². The average molecular weight is 407 g/mol. The van der Waals surface area contributed by atoms with Gasteiger partial charge < -0.3 is 15.4 Å². The molecule has 1 amide bonds. The maximum absolute atomic E-state index is 11.9. The predicted molar refractivity (Wildman–Crippen MR) is 112 cm³/mol. The van der Waals surface area contributed by atoms with Gasteiger partial charge in [0.1, 0.15) is 6.10 Å². The second-order valence-corrected chi connectivity index (χ2v) is 7.52. The number of carbonyl (C=O) groups is 1. The Bertz CT molecular complexity index is 1260. The molecule has 29 heavy (non-hydrogen) atoms. The normalized spacial score (nSPS) is 12.1. The van der Waals surface area contributed by atoms with Crippen LogP contribution in [0.25, 0.3) is 32.6 Å². The molecule has 0 saturated carbocycles. The van der Waals surface area contributed by atoms with E-state index in [2.05, 4.69) is 25.3 Å². The van der Waals surface area contributed by atoms with Crippen LogP contribution < -0.4 is 10.7 Å². The molecule has 4 rings (SSSR count). The van der Waals surface area contributed by atoms with Gasteiger partial charge >= 0.3 is 0 Å². The first kappa shape index (κ1) is 18.9. The molecule has 0 saturated heterocycles. The zero-order chi connectivity index (χ0) is 20.5. The predicted octanol–water partition coefficient (Wildman–Crippen LogP) is 3.12. The van der Waals surface area contributed by atoms with E-state index in [0.717, 1.165) is 21.4 Å². The lowest BCUT2D eigenvalue weighted by atomic mass is 10.0. The molecule has 146 valence electrons. The van der Waals surface area contributed by atoms with Crippen LogP contribution in [0.3, 0.4) is 0 Å². The highest BCUT2D eigenvalue weighted by atomic mass is 32.1. The molecule has 3 N–H and O–H groups in total. The number of thiazole rings is 1. The fourth-order valence-electron chi connectivity index (χ4n) is 2.91. The molecule has 1 aromatic carbocycles. The Morgan fingerprint density at radius 1 is 1.21 bits per heavy atom. The molecule has 4 aromatic rings. The second-order valence-electron chi connectivity index (χ2n) is 6.52. The average Bonchev–Trinajstić information content (AvgIpc) is 3.08. The Balaban J connectivity index is 1.91. The molecular formula is C20H17N5O3S. The molecule has 0 radical (unpaired) electrons. The van der Waals surface area contributed by atoms with E-state index in [9.17, 15) is 14.7 Å². The van der Waals surface area contributed by atoms with E-state index in [-0.39, 0.29) is 11.3 Å². The highest BCUT2D eigenvalue weighted by molar-refractivity contribution is 7.22. The van der Waals surface area contributed by atoms with Crippen LogP contribution in [0.15, 0.2) is 47.7 Å². The van der Waals surface area contributed by atoms with Crippen LogP contribution in [-0.4, -0.2) is 30.9 Å². The van der Waals surface area contributed by atoms with Gasteiger partial charge in [-0.1, -0.05) is 11.3 Å². The van der Waals surface area contributed by atoms with Gasteiger partial charge in [-0.05, 0) is 24.6 Å². The van der Waals surface area contributed by atoms with Crippen molar-refractivity contribution in [3.63, 3.8) is 0 Å². The third-order valence-corrected chi connectivity index (χ3v) is 5.23. The Morgan fingerprint density at radius 3 is 2.62 bits per heavy atom. The highest BCUT2D eigenvalue weighted by Gasteiger charge is 2.15. The number of hydrogen-bond donors (Lipinski definition) is 3. The van der Waals surface area contributed by atoms with Crippen molar-refractivity contribution in [2.75, 3.05) is 5.32 Å². The van der Waals surface area contributed by atoms with Gasteiger partial charge in [-0.2, -0.15) is 0 Å². The number of hydrogen-bond acceptors (Lipinski definition) is 7. The first-order valence-corrected chi connectivity index (χ1v) is 9.64. The molecule has 1 atom stereocenters. The smallest absolute Gasteiger partial charge is 0.223 e. The molecule has 1 unspecified atom stereocenters. The summed E-state index contributed by atoms with van der Waals surface area (Å²) in [6, 6.07) is 6.76. The number of aliphatic hydroxyl groups excluding tert-OH is 1. The molecular weight excluding hydrogens is 390 g/mol. The van der Waals surface area contributed by atoms with Crippen molar-refractivity contribution in [3.05, 3.63) is 58.9 Å². The van der Waals surface area contributed by atoms with Gasteiger partial charge in [-0.25, -0.2) is 15.0 Å². The van der Waals surface area contributed by atoms with Crippen molar-refractivity contribution in [2.45, 2.75) is 20.0 Å². The van der Waals surface area contributed by atoms with Crippen LogP contribution in [0.2, 0.25) is 0 Å². The lowest BCUT2D eigenvalue weighted by Gasteiger charge is -2.08. The minimum atomic E-state index is -0.754. The summed E-state index contributed by atoms with van der Waals surface area (Å²) in [5.41, 5.74) is 3.52. The zero-order valence-electron chi connectivity index (χ0n) is 15.6. The number of aromatic nitrogens is 4. The molecule has 8 nitrogen and oxygen atoms in total. The highest BCUT2D eigenvalue weighted by Crippen LogP contribution is 2.37. The molecule has 3 aromatic heterocycles. The Labute approximate surface area is 169 Å². The summed E-state index contributed by atoms with van der Waals surface area (Å²) in [7, 11) is 0. The van der Waals surface area contributed by atoms with Crippen molar-refractivity contribution in [1.29, 1.82) is 0 Å². The second kappa shape index (κ2) is 7.53. The van der Waals surface area contributed by atoms with E-state index < -0.39 is 6.10 Å². The van der Waals surface area contributed by atoms with Gasteiger partial charge in [0.05, 0.1) is 15.9 Å². The van der Waals surface area contributed by atoms with E-state index in [1.54, 1.807) is 25.5 Å². The summed E-state index contributed by atoms with van der Waals surface area (Å²) in [4.78, 5) is 39.3. The summed E-state index contributed by atoms with van der Waals surface area (Å²) in [6.45, 7) is 3.03. The third kappa shape index (κ3) is 3.91. The molecule has 0 aliphatic heterocycles. The minimum absolute atomic E-state index is 0.117. The summed E-state index contributed by atoms with van der Waals surface area (Å²) in [5, 5.41) is 12.8. The number of nitrogens with one attached hydrogen (secondary N) is 2. The van der Waals surface area contributed by atoms with Crippen LogP contribution >= 0.6 is 11.3 Å². The van der Waals surface area contributed by atoms with Gasteiger partial charge in [-0.15, -0.1) is 0 Å². The van der Waals surface area contributed by atoms with E-state index in [0.29, 0.717) is 22.2 Å². The van der Waals surface area contributed by atoms with E-state index in [1.807, 2.05) is 12.1 Å². The van der Waals surface area contributed by atoms with Crippen molar-refractivity contribution >= 4 is 32.6 Å². The number of rotatable bonds is 4. The number of carbonyl (C=O) groups excluding carboxylic acids is 1. The van der Waals surface area contributed by atoms with E-state index >= 15 is 0 Å². The van der Waals surface area contributed by atoms with Gasteiger partial charge in [0.2, 0.25) is 5.91 Å². The quantitative estimate of drug-likeness (QED) is 0.478. The summed E-state index contributed by atoms with van der Waals surface area (Å²) in [6.07, 6.45) is 4.10. The SMILES string of the molecule is CC(=O)Nc1nc2cc(-c3cnc(C(C)O)nc3)cc(-c3cc(=O)cc[nH]3)c2s1. The van der Waals surface area contributed by atoms with Crippen LogP contribution in [0.4, 0.5) is 5.13 Å². The molecule has 0 aliphatic rings. The molecule has 0 fully saturated rings. The topological polar surface area (TPSA) is 121 Å². The number of benzene rings is 1. The summed E-state index contributed by atoms with van der Waals surface area (Å²) >= 11 is 1.33. The Morgan fingerprint density at radius 2 is 1.97 bits per heavy atom. The van der Waals surface area contributed by atoms with Crippen molar-refractivity contribution in [1.82, 2.24) is 19.9 Å². The lowest BCUT2D eigenvalue weighted by Crippen LogP contribution is -2.04. The van der Waals surface area contributed by atoms with Crippen molar-refractivity contribution < 1.29 is 9.90 Å². The van der Waals surface area contributed by atoms with Gasteiger partial charge in [-0.3, -0.25) is 9.59 Å². The maximum atomic E-state index is 11.9. The Kier molecular flexibility index (Phi) is 4.91. The van der Waals surface area contributed by atoms with Crippen LogP contribution in [0.1, 0.15) is 25.8 Å². The van der Waals surface area contributed by atoms with Crippen LogP contribution in [-0.2, 0) is 4.79 Å². The number of anilines is 1. The summed E-state index contributed by atoms with van der Waals surface area (Å²) in [5.74, 6) is 0.130. The van der Waals surface area contributed by atoms with Crippen LogP contribution in [0.5, 0.6) is 0 Å². The minimum Gasteiger partial charge on any atom is -0.385 e. The number of fused-ring (bicyclic) bond motifs is 1. The molecule has 0 bridgehead atoms. The molecule has 0 spiro atoms. The molecule has 0 aliphatic carbocycles. The molecule has 3 heterocycles. The van der Waals surface area contributed by atoms with Gasteiger partial charge in [0, 0.05) is 48.8 Å². The monoisotopic (exact) mass is 407 g/mol. The van der Waals surface area contributed by atoms with Crippen molar-refractivity contribution in [2.24, 2.45) is 0 Å². The first-order chi connectivity index (χ1) is 13.9. The summed E-state index contributed by atoms with van der Waals surface area (Å²) < 4.78 is 0.834. The largest absolute Gasteiger partial charge is 0.385 e. The Hall–Kier alpha value is -3.43. The number of pyridine rings is 1. The van der Waals surface area contributed by atoms with Crippen molar-refractivity contribution in [3.8, 4) is 22.4 Å². The standard InChI is InChI=1S/C20H17N5O3S/c1-10(26)19-22-8-13(9-23-19)12-5-15(16-7-14(28)3-4-21-16)18-17(6-12)25-20(29-18)24-11(2)27/h3-10,26H,1-2H3,(H,21,28)(H,24,25,27). The number of nitrogens with zero attached hydrogens (tertiary/aromatic N) is 3. The van der Waals surface area contributed by atoms with Gasteiger partial charge in [0.15, 0.2) is 16.4 Å². The fourth-order valence-corrected chi connectivity index (χ4v) is 3.93. The van der Waals surface area contributed by atoms with Crippen LogP contribution in [0, 0.1) is 0 Å². The molecule has 9 heteroatoms. The number of aliphatic hydroxyl groups is 1.